The molecule has 0 amide bonds. The Morgan fingerprint density at radius 1 is 1.23 bits per heavy atom. The van der Waals surface area contributed by atoms with Crippen LogP contribution in [0.2, 0.25) is 0 Å². The quantitative estimate of drug-likeness (QED) is 0.385. The van der Waals surface area contributed by atoms with E-state index in [1.54, 1.807) is 35.4 Å². The Labute approximate surface area is 157 Å². The lowest BCUT2D eigenvalue weighted by atomic mass is 10.2. The smallest absolute Gasteiger partial charge is 0.262 e. The van der Waals surface area contributed by atoms with Crippen molar-refractivity contribution in [2.45, 2.75) is 23.1 Å². The zero-order valence-electron chi connectivity index (χ0n) is 14.2. The van der Waals surface area contributed by atoms with Crippen LogP contribution in [0, 0.1) is 0 Å². The van der Waals surface area contributed by atoms with Crippen LogP contribution in [-0.4, -0.2) is 33.2 Å². The maximum absolute atomic E-state index is 13.1. The van der Waals surface area contributed by atoms with Gasteiger partial charge in [-0.15, -0.1) is 11.3 Å². The molecule has 3 heterocycles. The summed E-state index contributed by atoms with van der Waals surface area (Å²) in [6.45, 7) is 2.37. The molecule has 0 fully saturated rings. The van der Waals surface area contributed by atoms with Crippen molar-refractivity contribution in [1.82, 2.24) is 19.5 Å². The summed E-state index contributed by atoms with van der Waals surface area (Å²) in [6, 6.07) is 9.23. The lowest BCUT2D eigenvalue weighted by Crippen LogP contribution is -2.28. The topological polar surface area (TPSA) is 69.9 Å². The van der Waals surface area contributed by atoms with E-state index in [4.69, 9.17) is 9.72 Å². The van der Waals surface area contributed by atoms with E-state index in [9.17, 15) is 4.79 Å². The molecule has 8 heteroatoms. The maximum atomic E-state index is 13.1. The first kappa shape index (κ1) is 17.1. The summed E-state index contributed by atoms with van der Waals surface area (Å²) in [5.41, 5.74) is 0.606. The Bertz CT molecular complexity index is 1140. The molecule has 4 aromatic rings. The van der Waals surface area contributed by atoms with Crippen molar-refractivity contribution in [3.05, 3.63) is 52.4 Å². The molecule has 26 heavy (non-hydrogen) atoms. The van der Waals surface area contributed by atoms with Gasteiger partial charge >= 0.3 is 0 Å². The van der Waals surface area contributed by atoms with Crippen LogP contribution in [0.3, 0.4) is 0 Å². The van der Waals surface area contributed by atoms with Gasteiger partial charge in [-0.25, -0.2) is 15.0 Å². The van der Waals surface area contributed by atoms with Gasteiger partial charge in [0.25, 0.3) is 5.56 Å². The molecule has 0 unspecified atom stereocenters. The zero-order chi connectivity index (χ0) is 18.1. The molecule has 0 aliphatic carbocycles. The Morgan fingerprint density at radius 3 is 2.92 bits per heavy atom. The molecule has 4 rings (SSSR count). The van der Waals surface area contributed by atoms with Crippen LogP contribution >= 0.6 is 23.1 Å². The van der Waals surface area contributed by atoms with Crippen LogP contribution in [0.5, 0.6) is 0 Å². The number of hydrogen-bond acceptors (Lipinski definition) is 7. The predicted molar refractivity (Wildman–Crippen MR) is 104 cm³/mol. The third-order valence-electron chi connectivity index (χ3n) is 4.04. The first-order chi connectivity index (χ1) is 12.7. The van der Waals surface area contributed by atoms with Gasteiger partial charge in [0.1, 0.15) is 16.2 Å². The summed E-state index contributed by atoms with van der Waals surface area (Å²) in [4.78, 5) is 27.4. The molecule has 0 N–H and O–H groups in total. The second-order valence-corrected chi connectivity index (χ2v) is 7.66. The van der Waals surface area contributed by atoms with Crippen molar-refractivity contribution in [1.29, 1.82) is 0 Å². The Morgan fingerprint density at radius 2 is 2.08 bits per heavy atom. The number of hydrogen-bond donors (Lipinski definition) is 0. The van der Waals surface area contributed by atoms with Crippen molar-refractivity contribution >= 4 is 44.2 Å². The number of ether oxygens (including phenoxy) is 1. The average molecular weight is 384 g/mol. The largest absolute Gasteiger partial charge is 0.383 e. The Balaban J connectivity index is 1.91. The van der Waals surface area contributed by atoms with Crippen molar-refractivity contribution in [2.24, 2.45) is 0 Å². The van der Waals surface area contributed by atoms with Crippen LogP contribution in [0.1, 0.15) is 13.0 Å². The Hall–Kier alpha value is -2.29. The molecule has 0 aliphatic rings. The van der Waals surface area contributed by atoms with Crippen molar-refractivity contribution in [3.8, 4) is 0 Å². The molecule has 3 aromatic heterocycles. The number of nitrogens with zero attached hydrogens (tertiary/aromatic N) is 4. The molecule has 1 atom stereocenters. The number of aromatic nitrogens is 4. The zero-order valence-corrected chi connectivity index (χ0v) is 15.9. The second-order valence-electron chi connectivity index (χ2n) is 5.81. The van der Waals surface area contributed by atoms with Gasteiger partial charge in [-0.2, -0.15) is 0 Å². The highest BCUT2D eigenvalue weighted by Crippen LogP contribution is 2.33. The van der Waals surface area contributed by atoms with Gasteiger partial charge in [-0.1, -0.05) is 12.1 Å². The molecular weight excluding hydrogens is 368 g/mol. The van der Waals surface area contributed by atoms with E-state index in [-0.39, 0.29) is 11.6 Å². The molecule has 0 saturated heterocycles. The molecule has 0 bridgehead atoms. The molecule has 0 spiro atoms. The summed E-state index contributed by atoms with van der Waals surface area (Å²) in [7, 11) is 1.63. The number of benzene rings is 1. The van der Waals surface area contributed by atoms with Crippen LogP contribution in [0.4, 0.5) is 0 Å². The van der Waals surface area contributed by atoms with Crippen molar-refractivity contribution in [3.63, 3.8) is 0 Å². The summed E-state index contributed by atoms with van der Waals surface area (Å²) < 4.78 is 6.96. The predicted octanol–water partition coefficient (Wildman–Crippen LogP) is 3.76. The lowest BCUT2D eigenvalue weighted by Gasteiger charge is -2.18. The highest BCUT2D eigenvalue weighted by Gasteiger charge is 2.18. The summed E-state index contributed by atoms with van der Waals surface area (Å²) in [5.74, 6) is 0. The van der Waals surface area contributed by atoms with Gasteiger partial charge in [0.15, 0.2) is 5.16 Å². The monoisotopic (exact) mass is 384 g/mol. The molecule has 1 aromatic carbocycles. The minimum Gasteiger partial charge on any atom is -0.383 e. The minimum absolute atomic E-state index is 0.0710. The SMILES string of the molecule is COC[C@@H](C)n1c(Sc2ncnc3sccc23)nc2ccccc2c1=O. The van der Waals surface area contributed by atoms with Crippen LogP contribution in [0.25, 0.3) is 21.1 Å². The van der Waals surface area contributed by atoms with Gasteiger partial charge < -0.3 is 4.74 Å². The minimum atomic E-state index is -0.146. The van der Waals surface area contributed by atoms with Gasteiger partial charge in [-0.3, -0.25) is 9.36 Å². The first-order valence-electron chi connectivity index (χ1n) is 8.05. The fourth-order valence-electron chi connectivity index (χ4n) is 2.84. The van der Waals surface area contributed by atoms with E-state index >= 15 is 0 Å². The van der Waals surface area contributed by atoms with Crippen molar-refractivity contribution < 1.29 is 4.74 Å². The number of para-hydroxylation sites is 1. The van der Waals surface area contributed by atoms with E-state index in [0.29, 0.717) is 22.7 Å². The van der Waals surface area contributed by atoms with Crippen LogP contribution in [-0.2, 0) is 4.74 Å². The van der Waals surface area contributed by atoms with E-state index in [1.807, 2.05) is 36.6 Å². The highest BCUT2D eigenvalue weighted by atomic mass is 32.2. The van der Waals surface area contributed by atoms with Crippen molar-refractivity contribution in [2.75, 3.05) is 13.7 Å². The fraction of sp³-hybridized carbons (Fsp3) is 0.222. The maximum Gasteiger partial charge on any atom is 0.262 e. The molecule has 0 aliphatic heterocycles. The number of methoxy groups -OCH3 is 1. The number of fused-ring (bicyclic) bond motifs is 2. The Kier molecular flexibility index (Phi) is 4.71. The summed E-state index contributed by atoms with van der Waals surface area (Å²) in [6.07, 6.45) is 1.54. The third kappa shape index (κ3) is 3.00. The van der Waals surface area contributed by atoms with E-state index in [2.05, 4.69) is 9.97 Å². The van der Waals surface area contributed by atoms with Crippen LogP contribution < -0.4 is 5.56 Å². The lowest BCUT2D eigenvalue weighted by molar-refractivity contribution is 0.156. The van der Waals surface area contributed by atoms with E-state index < -0.39 is 0 Å². The number of thiophene rings is 1. The normalized spacial score (nSPS) is 12.7. The van der Waals surface area contributed by atoms with Gasteiger partial charge in [0, 0.05) is 12.5 Å². The summed E-state index contributed by atoms with van der Waals surface area (Å²) in [5, 5.41) is 4.94. The standard InChI is InChI=1S/C18H16N4O2S2/c1-11(9-24-2)22-17(23)12-5-3-4-6-14(12)21-18(22)26-16-13-7-8-25-15(13)19-10-20-16/h3-8,10-11H,9H2,1-2H3/t11-/m1/s1. The number of rotatable bonds is 5. The fourth-order valence-corrected chi connectivity index (χ4v) is 4.69. The molecule has 132 valence electrons. The average Bonchev–Trinajstić information content (AvgIpc) is 3.12. The van der Waals surface area contributed by atoms with E-state index in [1.165, 1.54) is 11.8 Å². The molecule has 0 saturated carbocycles. The molecule has 6 nitrogen and oxygen atoms in total. The van der Waals surface area contributed by atoms with Gasteiger partial charge in [-0.05, 0) is 42.3 Å². The molecule has 0 radical (unpaired) electrons. The highest BCUT2D eigenvalue weighted by molar-refractivity contribution is 7.99. The third-order valence-corrected chi connectivity index (χ3v) is 5.85. The second kappa shape index (κ2) is 7.14. The van der Waals surface area contributed by atoms with E-state index in [0.717, 1.165) is 15.2 Å². The molecular formula is C18H16N4O2S2. The van der Waals surface area contributed by atoms with Gasteiger partial charge in [0.2, 0.25) is 0 Å². The summed E-state index contributed by atoms with van der Waals surface area (Å²) >= 11 is 2.95. The first-order valence-corrected chi connectivity index (χ1v) is 9.75. The van der Waals surface area contributed by atoms with Gasteiger partial charge in [0.05, 0.1) is 23.6 Å². The van der Waals surface area contributed by atoms with Crippen LogP contribution in [0.15, 0.2) is 57.0 Å².